The van der Waals surface area contributed by atoms with Crippen molar-refractivity contribution in [3.8, 4) is 0 Å². The lowest BCUT2D eigenvalue weighted by Gasteiger charge is -2.41. The van der Waals surface area contributed by atoms with Gasteiger partial charge >= 0.3 is 0 Å². The molecule has 1 aliphatic carbocycles. The summed E-state index contributed by atoms with van der Waals surface area (Å²) in [6.45, 7) is 6.07. The predicted molar refractivity (Wildman–Crippen MR) is 86.0 cm³/mol. The predicted octanol–water partition coefficient (Wildman–Crippen LogP) is 3.35. The van der Waals surface area contributed by atoms with Gasteiger partial charge in [-0.25, -0.2) is 0 Å². The molecule has 118 valence electrons. The zero-order chi connectivity index (χ0) is 13.9. The highest BCUT2D eigenvalue weighted by molar-refractivity contribution is 5.85. The zero-order valence-corrected chi connectivity index (χ0v) is 13.9. The molecule has 0 spiro atoms. The minimum Gasteiger partial charge on any atom is -0.340 e. The average Bonchev–Trinajstić information content (AvgIpc) is 2.42. The number of hydrogen-bond donors (Lipinski definition) is 1. The summed E-state index contributed by atoms with van der Waals surface area (Å²) in [5.74, 6) is 1.01. The van der Waals surface area contributed by atoms with E-state index in [1.807, 2.05) is 0 Å². The molecule has 1 aliphatic heterocycles. The maximum Gasteiger partial charge on any atom is 0.223 e. The van der Waals surface area contributed by atoms with Crippen LogP contribution in [-0.2, 0) is 4.79 Å². The molecule has 0 aromatic carbocycles. The van der Waals surface area contributed by atoms with Crippen molar-refractivity contribution in [1.29, 1.82) is 0 Å². The van der Waals surface area contributed by atoms with Crippen LogP contribution in [0.3, 0.4) is 0 Å². The molecule has 2 aliphatic rings. The Hall–Kier alpha value is -0.280. The van der Waals surface area contributed by atoms with E-state index in [-0.39, 0.29) is 17.8 Å². The van der Waals surface area contributed by atoms with Crippen LogP contribution in [-0.4, -0.2) is 29.9 Å². The number of carbonyl (C=O) groups is 1. The maximum absolute atomic E-state index is 12.7. The Morgan fingerprint density at radius 1 is 1.20 bits per heavy atom. The molecule has 3 nitrogen and oxygen atoms in total. The standard InChI is InChI=1S/C16H30N2O.ClH/c1-13-6-7-14(2)18(11-13)15(19)10-16(12-17)8-4-3-5-9-16;/h13-14H,3-12,17H2,1-2H3;1H. The molecule has 2 rings (SSSR count). The van der Waals surface area contributed by atoms with Crippen molar-refractivity contribution in [2.45, 2.75) is 71.3 Å². The minimum absolute atomic E-state index is 0. The molecular weight excluding hydrogens is 272 g/mol. The smallest absolute Gasteiger partial charge is 0.223 e. The van der Waals surface area contributed by atoms with Crippen molar-refractivity contribution in [3.63, 3.8) is 0 Å². The highest BCUT2D eigenvalue weighted by Crippen LogP contribution is 2.39. The number of amides is 1. The molecule has 2 fully saturated rings. The normalized spacial score (nSPS) is 29.6. The van der Waals surface area contributed by atoms with Gasteiger partial charge in [-0.15, -0.1) is 12.4 Å². The Kier molecular flexibility index (Phi) is 6.80. The van der Waals surface area contributed by atoms with Crippen LogP contribution >= 0.6 is 12.4 Å². The van der Waals surface area contributed by atoms with Crippen LogP contribution in [0.25, 0.3) is 0 Å². The summed E-state index contributed by atoms with van der Waals surface area (Å²) in [7, 11) is 0. The van der Waals surface area contributed by atoms with E-state index in [0.717, 1.165) is 25.8 Å². The Morgan fingerprint density at radius 2 is 1.85 bits per heavy atom. The second kappa shape index (κ2) is 7.65. The van der Waals surface area contributed by atoms with Gasteiger partial charge in [-0.1, -0.05) is 26.2 Å². The lowest BCUT2D eigenvalue weighted by Crippen LogP contribution is -2.47. The summed E-state index contributed by atoms with van der Waals surface area (Å²) in [4.78, 5) is 14.8. The molecule has 0 aromatic heterocycles. The summed E-state index contributed by atoms with van der Waals surface area (Å²) in [6.07, 6.45) is 9.19. The van der Waals surface area contributed by atoms with Gasteiger partial charge in [-0.05, 0) is 50.5 Å². The van der Waals surface area contributed by atoms with Gasteiger partial charge < -0.3 is 10.6 Å². The van der Waals surface area contributed by atoms with Gasteiger partial charge in [0.25, 0.3) is 0 Å². The van der Waals surface area contributed by atoms with Gasteiger partial charge in [0.2, 0.25) is 5.91 Å². The van der Waals surface area contributed by atoms with E-state index < -0.39 is 0 Å². The first-order valence-electron chi connectivity index (χ1n) is 8.06. The van der Waals surface area contributed by atoms with Crippen molar-refractivity contribution >= 4 is 18.3 Å². The number of likely N-dealkylation sites (tertiary alicyclic amines) is 1. The average molecular weight is 303 g/mol. The van der Waals surface area contributed by atoms with E-state index in [9.17, 15) is 4.79 Å². The first-order chi connectivity index (χ1) is 9.06. The molecule has 0 aromatic rings. The molecule has 1 saturated heterocycles. The molecule has 1 heterocycles. The molecule has 1 saturated carbocycles. The second-order valence-corrected chi connectivity index (χ2v) is 7.02. The molecular formula is C16H31ClN2O. The number of hydrogen-bond acceptors (Lipinski definition) is 2. The third-order valence-corrected chi connectivity index (χ3v) is 5.31. The van der Waals surface area contributed by atoms with E-state index >= 15 is 0 Å². The number of rotatable bonds is 3. The van der Waals surface area contributed by atoms with Crippen molar-refractivity contribution in [2.75, 3.05) is 13.1 Å². The van der Waals surface area contributed by atoms with Gasteiger partial charge in [-0.2, -0.15) is 0 Å². The summed E-state index contributed by atoms with van der Waals surface area (Å²) < 4.78 is 0. The van der Waals surface area contributed by atoms with Crippen molar-refractivity contribution in [1.82, 2.24) is 4.90 Å². The van der Waals surface area contributed by atoms with Crippen LogP contribution in [0.2, 0.25) is 0 Å². The first-order valence-corrected chi connectivity index (χ1v) is 8.06. The molecule has 20 heavy (non-hydrogen) atoms. The highest BCUT2D eigenvalue weighted by atomic mass is 35.5. The lowest BCUT2D eigenvalue weighted by atomic mass is 9.71. The monoisotopic (exact) mass is 302 g/mol. The maximum atomic E-state index is 12.7. The molecule has 1 amide bonds. The number of nitrogens with zero attached hydrogens (tertiary/aromatic N) is 1. The number of halogens is 1. The Morgan fingerprint density at radius 3 is 2.45 bits per heavy atom. The van der Waals surface area contributed by atoms with Gasteiger partial charge in [0.1, 0.15) is 0 Å². The Labute approximate surface area is 130 Å². The van der Waals surface area contributed by atoms with Crippen LogP contribution in [0.15, 0.2) is 0 Å². The second-order valence-electron chi connectivity index (χ2n) is 7.02. The van der Waals surface area contributed by atoms with Crippen LogP contribution in [0.4, 0.5) is 0 Å². The minimum atomic E-state index is 0. The molecule has 2 unspecified atom stereocenters. The van der Waals surface area contributed by atoms with Gasteiger partial charge in [0.15, 0.2) is 0 Å². The number of nitrogens with two attached hydrogens (primary N) is 1. The summed E-state index contributed by atoms with van der Waals surface area (Å²) in [6, 6.07) is 0.419. The molecule has 4 heteroatoms. The summed E-state index contributed by atoms with van der Waals surface area (Å²) in [5.41, 5.74) is 6.11. The van der Waals surface area contributed by atoms with Crippen LogP contribution in [0.5, 0.6) is 0 Å². The van der Waals surface area contributed by atoms with E-state index in [4.69, 9.17) is 5.73 Å². The molecule has 2 atom stereocenters. The number of piperidine rings is 1. The fraction of sp³-hybridized carbons (Fsp3) is 0.938. The van der Waals surface area contributed by atoms with E-state index in [0.29, 0.717) is 30.8 Å². The number of carbonyl (C=O) groups excluding carboxylic acids is 1. The first kappa shape index (κ1) is 17.8. The van der Waals surface area contributed by atoms with Gasteiger partial charge in [-0.3, -0.25) is 4.79 Å². The van der Waals surface area contributed by atoms with Crippen molar-refractivity contribution < 1.29 is 4.79 Å². The van der Waals surface area contributed by atoms with Crippen LogP contribution in [0, 0.1) is 11.3 Å². The fourth-order valence-corrected chi connectivity index (χ4v) is 3.81. The van der Waals surface area contributed by atoms with E-state index in [2.05, 4.69) is 18.7 Å². The quantitative estimate of drug-likeness (QED) is 0.869. The highest BCUT2D eigenvalue weighted by Gasteiger charge is 2.36. The van der Waals surface area contributed by atoms with E-state index in [1.165, 1.54) is 25.7 Å². The largest absolute Gasteiger partial charge is 0.340 e. The van der Waals surface area contributed by atoms with Gasteiger partial charge in [0, 0.05) is 19.0 Å². The van der Waals surface area contributed by atoms with Gasteiger partial charge in [0.05, 0.1) is 0 Å². The molecule has 0 bridgehead atoms. The third kappa shape index (κ3) is 4.11. The molecule has 0 radical (unpaired) electrons. The zero-order valence-electron chi connectivity index (χ0n) is 13.1. The van der Waals surface area contributed by atoms with Crippen LogP contribution in [0.1, 0.15) is 65.2 Å². The summed E-state index contributed by atoms with van der Waals surface area (Å²) in [5, 5.41) is 0. The Balaban J connectivity index is 0.00000200. The third-order valence-electron chi connectivity index (χ3n) is 5.31. The van der Waals surface area contributed by atoms with Crippen molar-refractivity contribution in [3.05, 3.63) is 0 Å². The topological polar surface area (TPSA) is 46.3 Å². The molecule has 2 N–H and O–H groups in total. The van der Waals surface area contributed by atoms with Crippen LogP contribution < -0.4 is 5.73 Å². The SMILES string of the molecule is CC1CCC(C)N(C(=O)CC2(CN)CCCCC2)C1.Cl. The lowest BCUT2D eigenvalue weighted by molar-refractivity contribution is -0.138. The summed E-state index contributed by atoms with van der Waals surface area (Å²) >= 11 is 0. The van der Waals surface area contributed by atoms with E-state index in [1.54, 1.807) is 0 Å². The fourth-order valence-electron chi connectivity index (χ4n) is 3.81. The van der Waals surface area contributed by atoms with Crippen molar-refractivity contribution in [2.24, 2.45) is 17.1 Å². The Bertz CT molecular complexity index is 316.